The lowest BCUT2D eigenvalue weighted by molar-refractivity contribution is 0.320. The van der Waals surface area contributed by atoms with E-state index in [1.807, 2.05) is 24.4 Å². The predicted octanol–water partition coefficient (Wildman–Crippen LogP) is 1.93. The summed E-state index contributed by atoms with van der Waals surface area (Å²) in [6.07, 6.45) is 8.92. The van der Waals surface area contributed by atoms with Gasteiger partial charge in [-0.2, -0.15) is 0 Å². The van der Waals surface area contributed by atoms with Crippen molar-refractivity contribution in [2.75, 3.05) is 13.6 Å². The normalized spacial score (nSPS) is 10.1. The molecule has 0 fully saturated rings. The molecule has 0 unspecified atom stereocenters. The molecule has 14 heavy (non-hydrogen) atoms. The maximum absolute atomic E-state index is 5.19. The first-order valence-electron chi connectivity index (χ1n) is 4.85. The number of terminal acetylenes is 1. The summed E-state index contributed by atoms with van der Waals surface area (Å²) < 4.78 is 0. The van der Waals surface area contributed by atoms with Crippen LogP contribution in [0.2, 0.25) is 0 Å². The van der Waals surface area contributed by atoms with Crippen LogP contribution in [0.1, 0.15) is 18.5 Å². The zero-order chi connectivity index (χ0) is 10.2. The van der Waals surface area contributed by atoms with Gasteiger partial charge in [-0.1, -0.05) is 6.07 Å². The van der Waals surface area contributed by atoms with Gasteiger partial charge in [0.05, 0.1) is 5.69 Å². The third-order valence-electron chi connectivity index (χ3n) is 2.02. The molecule has 0 aliphatic heterocycles. The highest BCUT2D eigenvalue weighted by molar-refractivity contribution is 5.02. The summed E-state index contributed by atoms with van der Waals surface area (Å²) in [5.41, 5.74) is 1.11. The first-order valence-corrected chi connectivity index (χ1v) is 4.85. The van der Waals surface area contributed by atoms with E-state index < -0.39 is 0 Å². The molecule has 0 atom stereocenters. The van der Waals surface area contributed by atoms with E-state index >= 15 is 0 Å². The van der Waals surface area contributed by atoms with Crippen molar-refractivity contribution in [1.82, 2.24) is 9.88 Å². The minimum Gasteiger partial charge on any atom is -0.301 e. The molecule has 0 N–H and O–H groups in total. The van der Waals surface area contributed by atoms with Gasteiger partial charge in [0, 0.05) is 19.2 Å². The van der Waals surface area contributed by atoms with Crippen LogP contribution < -0.4 is 0 Å². The molecule has 0 saturated heterocycles. The van der Waals surface area contributed by atoms with Crippen LogP contribution in [0.25, 0.3) is 0 Å². The Morgan fingerprint density at radius 1 is 1.50 bits per heavy atom. The smallest absolute Gasteiger partial charge is 0.0543 e. The zero-order valence-corrected chi connectivity index (χ0v) is 8.61. The molecule has 1 heterocycles. The van der Waals surface area contributed by atoms with Gasteiger partial charge in [0.2, 0.25) is 0 Å². The Hall–Kier alpha value is -1.33. The van der Waals surface area contributed by atoms with Gasteiger partial charge in [-0.05, 0) is 32.1 Å². The van der Waals surface area contributed by atoms with E-state index in [4.69, 9.17) is 6.42 Å². The molecule has 1 aromatic rings. The molecule has 0 saturated carbocycles. The Kier molecular flexibility index (Phi) is 4.74. The standard InChI is InChI=1S/C12H16N2/c1-3-4-7-10-14(2)11-12-8-5-6-9-13-12/h1,5-6,8-9H,4,7,10-11H2,2H3. The second-order valence-electron chi connectivity index (χ2n) is 3.37. The van der Waals surface area contributed by atoms with Gasteiger partial charge in [0.15, 0.2) is 0 Å². The fraction of sp³-hybridized carbons (Fsp3) is 0.417. The topological polar surface area (TPSA) is 16.1 Å². The number of hydrogen-bond acceptors (Lipinski definition) is 2. The van der Waals surface area contributed by atoms with Crippen molar-refractivity contribution in [2.24, 2.45) is 0 Å². The van der Waals surface area contributed by atoms with Crippen molar-refractivity contribution in [3.63, 3.8) is 0 Å². The van der Waals surface area contributed by atoms with Crippen molar-refractivity contribution < 1.29 is 0 Å². The van der Waals surface area contributed by atoms with Crippen molar-refractivity contribution in [3.8, 4) is 12.3 Å². The fourth-order valence-electron chi connectivity index (χ4n) is 1.30. The first kappa shape index (κ1) is 10.7. The first-order chi connectivity index (χ1) is 6.83. The lowest BCUT2D eigenvalue weighted by atomic mass is 10.3. The lowest BCUT2D eigenvalue weighted by Gasteiger charge is -2.14. The fourth-order valence-corrected chi connectivity index (χ4v) is 1.30. The maximum Gasteiger partial charge on any atom is 0.0543 e. The number of rotatable bonds is 5. The number of hydrogen-bond donors (Lipinski definition) is 0. The third-order valence-corrected chi connectivity index (χ3v) is 2.02. The third kappa shape index (κ3) is 4.06. The molecule has 2 heteroatoms. The second kappa shape index (κ2) is 6.17. The molecule has 74 valence electrons. The maximum atomic E-state index is 5.19. The van der Waals surface area contributed by atoms with Crippen LogP contribution in [0, 0.1) is 12.3 Å². The van der Waals surface area contributed by atoms with Crippen LogP contribution in [0.3, 0.4) is 0 Å². The summed E-state index contributed by atoms with van der Waals surface area (Å²) in [7, 11) is 2.09. The van der Waals surface area contributed by atoms with Gasteiger partial charge in [0.25, 0.3) is 0 Å². The number of aromatic nitrogens is 1. The largest absolute Gasteiger partial charge is 0.301 e. The minimum absolute atomic E-state index is 0.854. The Bertz CT molecular complexity index is 287. The van der Waals surface area contributed by atoms with Crippen molar-refractivity contribution in [3.05, 3.63) is 30.1 Å². The van der Waals surface area contributed by atoms with Crippen LogP contribution >= 0.6 is 0 Å². The van der Waals surface area contributed by atoms with Crippen LogP contribution in [0.15, 0.2) is 24.4 Å². The Balaban J connectivity index is 2.28. The van der Waals surface area contributed by atoms with E-state index in [0.29, 0.717) is 0 Å². The summed E-state index contributed by atoms with van der Waals surface area (Å²) in [5, 5.41) is 0. The van der Waals surface area contributed by atoms with Crippen LogP contribution in [0.5, 0.6) is 0 Å². The molecule has 0 aliphatic carbocycles. The highest BCUT2D eigenvalue weighted by atomic mass is 15.1. The monoisotopic (exact) mass is 188 g/mol. The lowest BCUT2D eigenvalue weighted by Crippen LogP contribution is -2.19. The molecule has 0 aromatic carbocycles. The predicted molar refractivity (Wildman–Crippen MR) is 58.6 cm³/mol. The average Bonchev–Trinajstić information content (AvgIpc) is 2.20. The highest BCUT2D eigenvalue weighted by Crippen LogP contribution is 2.00. The van der Waals surface area contributed by atoms with Crippen LogP contribution in [0.4, 0.5) is 0 Å². The van der Waals surface area contributed by atoms with Crippen molar-refractivity contribution in [2.45, 2.75) is 19.4 Å². The summed E-state index contributed by atoms with van der Waals surface area (Å²) in [6.45, 7) is 1.92. The van der Waals surface area contributed by atoms with E-state index in [2.05, 4.69) is 22.9 Å². The van der Waals surface area contributed by atoms with Crippen molar-refractivity contribution in [1.29, 1.82) is 0 Å². The average molecular weight is 188 g/mol. The molecular formula is C12H16N2. The van der Waals surface area contributed by atoms with E-state index in [1.54, 1.807) is 0 Å². The Morgan fingerprint density at radius 3 is 3.00 bits per heavy atom. The quantitative estimate of drug-likeness (QED) is 0.518. The van der Waals surface area contributed by atoms with E-state index in [1.165, 1.54) is 0 Å². The molecule has 0 aliphatic rings. The Labute approximate surface area is 86.0 Å². The van der Waals surface area contributed by atoms with Gasteiger partial charge >= 0.3 is 0 Å². The van der Waals surface area contributed by atoms with E-state index in [0.717, 1.165) is 31.6 Å². The van der Waals surface area contributed by atoms with Crippen molar-refractivity contribution >= 4 is 0 Å². The number of nitrogens with zero attached hydrogens (tertiary/aromatic N) is 2. The molecule has 1 rings (SSSR count). The summed E-state index contributed by atoms with van der Waals surface area (Å²) in [5.74, 6) is 2.64. The van der Waals surface area contributed by atoms with E-state index in [9.17, 15) is 0 Å². The summed E-state index contributed by atoms with van der Waals surface area (Å²) in [4.78, 5) is 6.50. The SMILES string of the molecule is C#CCCCN(C)Cc1ccccn1. The molecule has 0 radical (unpaired) electrons. The van der Waals surface area contributed by atoms with Crippen LogP contribution in [-0.2, 0) is 6.54 Å². The van der Waals surface area contributed by atoms with E-state index in [-0.39, 0.29) is 0 Å². The van der Waals surface area contributed by atoms with Gasteiger partial charge in [-0.3, -0.25) is 4.98 Å². The summed E-state index contributed by atoms with van der Waals surface area (Å²) in [6, 6.07) is 5.98. The highest BCUT2D eigenvalue weighted by Gasteiger charge is 1.99. The Morgan fingerprint density at radius 2 is 2.36 bits per heavy atom. The molecular weight excluding hydrogens is 172 g/mol. The van der Waals surface area contributed by atoms with Gasteiger partial charge in [-0.25, -0.2) is 0 Å². The number of unbranched alkanes of at least 4 members (excludes halogenated alkanes) is 1. The second-order valence-corrected chi connectivity index (χ2v) is 3.37. The van der Waals surface area contributed by atoms with Gasteiger partial charge < -0.3 is 4.90 Å². The molecule has 0 bridgehead atoms. The molecule has 0 spiro atoms. The number of pyridine rings is 1. The zero-order valence-electron chi connectivity index (χ0n) is 8.61. The van der Waals surface area contributed by atoms with Gasteiger partial charge in [0.1, 0.15) is 0 Å². The molecule has 1 aromatic heterocycles. The van der Waals surface area contributed by atoms with Gasteiger partial charge in [-0.15, -0.1) is 12.3 Å². The summed E-state index contributed by atoms with van der Waals surface area (Å²) >= 11 is 0. The minimum atomic E-state index is 0.854. The van der Waals surface area contributed by atoms with Crippen LogP contribution in [-0.4, -0.2) is 23.5 Å². The molecule has 0 amide bonds. The molecule has 2 nitrogen and oxygen atoms in total.